The second-order valence-corrected chi connectivity index (χ2v) is 5.22. The van der Waals surface area contributed by atoms with Crippen LogP contribution in [0.15, 0.2) is 36.9 Å². The largest absolute Gasteiger partial charge is 0.491 e. The average molecular weight is 273 g/mol. The van der Waals surface area contributed by atoms with Gasteiger partial charge < -0.3 is 9.84 Å². The highest BCUT2D eigenvalue weighted by Crippen LogP contribution is 2.18. The topological polar surface area (TPSA) is 41.5 Å². The lowest BCUT2D eigenvalue weighted by atomic mass is 10.1. The molecule has 0 aromatic heterocycles. The van der Waals surface area contributed by atoms with Gasteiger partial charge in [-0.25, -0.2) is 0 Å². The van der Waals surface area contributed by atoms with Gasteiger partial charge in [0.25, 0.3) is 0 Å². The fourth-order valence-corrected chi connectivity index (χ4v) is 1.64. The van der Waals surface area contributed by atoms with E-state index in [1.807, 2.05) is 44.2 Å². The van der Waals surface area contributed by atoms with E-state index in [4.69, 9.17) is 11.2 Å². The second-order valence-electron chi connectivity index (χ2n) is 5.22. The van der Waals surface area contributed by atoms with Gasteiger partial charge in [-0.1, -0.05) is 30.2 Å². The summed E-state index contributed by atoms with van der Waals surface area (Å²) in [7, 11) is 0. The second kappa shape index (κ2) is 7.74. The minimum Gasteiger partial charge on any atom is -0.491 e. The maximum absolute atomic E-state index is 9.91. The zero-order chi connectivity index (χ0) is 15.0. The first kappa shape index (κ1) is 16.3. The summed E-state index contributed by atoms with van der Waals surface area (Å²) >= 11 is 0. The lowest BCUT2D eigenvalue weighted by Crippen LogP contribution is -2.43. The van der Waals surface area contributed by atoms with E-state index >= 15 is 0 Å². The van der Waals surface area contributed by atoms with Crippen molar-refractivity contribution in [2.24, 2.45) is 0 Å². The molecule has 1 rings (SSSR count). The fraction of sp³-hybridized carbons (Fsp3) is 0.412. The third kappa shape index (κ3) is 5.48. The van der Waals surface area contributed by atoms with Crippen LogP contribution in [0.25, 0.3) is 0 Å². The van der Waals surface area contributed by atoms with Gasteiger partial charge in [0.15, 0.2) is 0 Å². The SMILES string of the molecule is C#CC(C)(C)NCC(O)COc1ccccc1CC=C. The molecular formula is C17H23NO2. The van der Waals surface area contributed by atoms with Gasteiger partial charge in [-0.3, -0.25) is 5.32 Å². The number of nitrogens with one attached hydrogen (secondary N) is 1. The Morgan fingerprint density at radius 3 is 2.85 bits per heavy atom. The van der Waals surface area contributed by atoms with Crippen LogP contribution in [-0.4, -0.2) is 29.9 Å². The number of benzene rings is 1. The summed E-state index contributed by atoms with van der Waals surface area (Å²) in [6, 6.07) is 7.75. The molecule has 3 heteroatoms. The van der Waals surface area contributed by atoms with Crippen molar-refractivity contribution in [3.8, 4) is 18.1 Å². The van der Waals surface area contributed by atoms with Crippen molar-refractivity contribution >= 4 is 0 Å². The van der Waals surface area contributed by atoms with Crippen LogP contribution in [0.1, 0.15) is 19.4 Å². The molecule has 0 bridgehead atoms. The van der Waals surface area contributed by atoms with Gasteiger partial charge in [0.2, 0.25) is 0 Å². The molecule has 3 nitrogen and oxygen atoms in total. The summed E-state index contributed by atoms with van der Waals surface area (Å²) in [6.07, 6.45) is 7.34. The van der Waals surface area contributed by atoms with Crippen molar-refractivity contribution in [2.75, 3.05) is 13.2 Å². The van der Waals surface area contributed by atoms with E-state index in [0.717, 1.165) is 17.7 Å². The molecule has 1 unspecified atom stereocenters. The van der Waals surface area contributed by atoms with Crippen LogP contribution >= 0.6 is 0 Å². The van der Waals surface area contributed by atoms with E-state index in [9.17, 15) is 5.11 Å². The Kier molecular flexibility index (Phi) is 6.30. The minimum absolute atomic E-state index is 0.224. The van der Waals surface area contributed by atoms with Gasteiger partial charge in [-0.05, 0) is 31.9 Å². The highest BCUT2D eigenvalue weighted by Gasteiger charge is 2.15. The monoisotopic (exact) mass is 273 g/mol. The molecular weight excluding hydrogens is 250 g/mol. The number of aliphatic hydroxyl groups excluding tert-OH is 1. The molecule has 0 heterocycles. The lowest BCUT2D eigenvalue weighted by molar-refractivity contribution is 0.102. The van der Waals surface area contributed by atoms with Gasteiger partial charge in [-0.2, -0.15) is 0 Å². The third-order valence-corrected chi connectivity index (χ3v) is 2.91. The molecule has 0 saturated heterocycles. The van der Waals surface area contributed by atoms with Gasteiger partial charge in [0.1, 0.15) is 18.5 Å². The van der Waals surface area contributed by atoms with Crippen LogP contribution in [0, 0.1) is 12.3 Å². The molecule has 1 aromatic rings. The molecule has 0 radical (unpaired) electrons. The number of rotatable bonds is 8. The standard InChI is InChI=1S/C17H23NO2/c1-5-9-14-10-7-8-11-16(14)20-13-15(19)12-18-17(3,4)6-2/h2,5,7-8,10-11,15,18-19H,1,9,12-13H2,3-4H3. The fourth-order valence-electron chi connectivity index (χ4n) is 1.64. The molecule has 20 heavy (non-hydrogen) atoms. The number of terminal acetylenes is 1. The lowest BCUT2D eigenvalue weighted by Gasteiger charge is -2.22. The Balaban J connectivity index is 2.47. The number of hydrogen-bond acceptors (Lipinski definition) is 3. The van der Waals surface area contributed by atoms with Crippen molar-refractivity contribution in [3.05, 3.63) is 42.5 Å². The maximum atomic E-state index is 9.91. The highest BCUT2D eigenvalue weighted by molar-refractivity contribution is 5.34. The van der Waals surface area contributed by atoms with E-state index in [2.05, 4.69) is 17.8 Å². The van der Waals surface area contributed by atoms with E-state index in [1.54, 1.807) is 0 Å². The molecule has 0 aliphatic carbocycles. The molecule has 1 aromatic carbocycles. The van der Waals surface area contributed by atoms with Crippen LogP contribution < -0.4 is 10.1 Å². The number of para-hydroxylation sites is 1. The van der Waals surface area contributed by atoms with Gasteiger partial charge in [0.05, 0.1) is 5.54 Å². The summed E-state index contributed by atoms with van der Waals surface area (Å²) in [5.41, 5.74) is 0.633. The molecule has 1 atom stereocenters. The highest BCUT2D eigenvalue weighted by atomic mass is 16.5. The van der Waals surface area contributed by atoms with Crippen LogP contribution in [0.4, 0.5) is 0 Å². The van der Waals surface area contributed by atoms with Crippen LogP contribution in [0.2, 0.25) is 0 Å². The van der Waals surface area contributed by atoms with Crippen molar-refractivity contribution in [1.29, 1.82) is 0 Å². The Labute approximate surface area is 121 Å². The molecule has 2 N–H and O–H groups in total. The van der Waals surface area contributed by atoms with Crippen LogP contribution in [0.5, 0.6) is 5.75 Å². The van der Waals surface area contributed by atoms with E-state index in [0.29, 0.717) is 6.54 Å². The van der Waals surface area contributed by atoms with Gasteiger partial charge >= 0.3 is 0 Å². The number of allylic oxidation sites excluding steroid dienone is 1. The zero-order valence-electron chi connectivity index (χ0n) is 12.2. The van der Waals surface area contributed by atoms with Crippen LogP contribution in [0.3, 0.4) is 0 Å². The van der Waals surface area contributed by atoms with Crippen LogP contribution in [-0.2, 0) is 6.42 Å². The first-order chi connectivity index (χ1) is 9.48. The minimum atomic E-state index is -0.612. The van der Waals surface area contributed by atoms with Gasteiger partial charge in [-0.15, -0.1) is 13.0 Å². The number of hydrogen-bond donors (Lipinski definition) is 2. The average Bonchev–Trinajstić information content (AvgIpc) is 2.44. The Morgan fingerprint density at radius 1 is 1.50 bits per heavy atom. The van der Waals surface area contributed by atoms with E-state index in [-0.39, 0.29) is 6.61 Å². The zero-order valence-corrected chi connectivity index (χ0v) is 12.2. The van der Waals surface area contributed by atoms with E-state index in [1.165, 1.54) is 0 Å². The van der Waals surface area contributed by atoms with Crippen molar-refractivity contribution in [3.63, 3.8) is 0 Å². The first-order valence-corrected chi connectivity index (χ1v) is 6.71. The quantitative estimate of drug-likeness (QED) is 0.563. The van der Waals surface area contributed by atoms with Gasteiger partial charge in [0, 0.05) is 6.54 Å². The molecule has 108 valence electrons. The number of aliphatic hydroxyl groups is 1. The summed E-state index contributed by atoms with van der Waals surface area (Å²) < 4.78 is 5.66. The third-order valence-electron chi connectivity index (χ3n) is 2.91. The predicted octanol–water partition coefficient (Wildman–Crippen LogP) is 2.16. The molecule has 0 aliphatic rings. The Hall–Kier alpha value is -1.76. The predicted molar refractivity (Wildman–Crippen MR) is 82.8 cm³/mol. The summed E-state index contributed by atoms with van der Waals surface area (Å²) in [4.78, 5) is 0. The summed E-state index contributed by atoms with van der Waals surface area (Å²) in [5.74, 6) is 3.40. The Bertz CT molecular complexity index is 474. The first-order valence-electron chi connectivity index (χ1n) is 6.71. The molecule has 0 aliphatic heterocycles. The molecule has 0 amide bonds. The Morgan fingerprint density at radius 2 is 2.20 bits per heavy atom. The maximum Gasteiger partial charge on any atom is 0.122 e. The van der Waals surface area contributed by atoms with E-state index < -0.39 is 11.6 Å². The molecule has 0 fully saturated rings. The summed E-state index contributed by atoms with van der Waals surface area (Å²) in [5, 5.41) is 13.0. The molecule has 0 spiro atoms. The molecule has 0 saturated carbocycles. The van der Waals surface area contributed by atoms with Crippen molar-refractivity contribution < 1.29 is 9.84 Å². The number of ether oxygens (including phenoxy) is 1. The smallest absolute Gasteiger partial charge is 0.122 e. The summed E-state index contributed by atoms with van der Waals surface area (Å²) in [6.45, 7) is 8.12. The number of β-amino-alcohol motifs (C(OH)–C–C–N with tert-alkyl or cyclic N) is 1. The van der Waals surface area contributed by atoms with Crippen molar-refractivity contribution in [2.45, 2.75) is 31.9 Å². The van der Waals surface area contributed by atoms with Crippen molar-refractivity contribution in [1.82, 2.24) is 5.32 Å². The normalized spacial score (nSPS) is 12.5.